The maximum absolute atomic E-state index is 12.2. The molecule has 6 nitrogen and oxygen atoms in total. The van der Waals surface area contributed by atoms with Gasteiger partial charge in [0.25, 0.3) is 0 Å². The summed E-state index contributed by atoms with van der Waals surface area (Å²) < 4.78 is 29.1. The van der Waals surface area contributed by atoms with Crippen LogP contribution in [0.5, 0.6) is 0 Å². The summed E-state index contributed by atoms with van der Waals surface area (Å²) in [7, 11) is -0.485. The Hall–Kier alpha value is -1.28. The minimum Gasteiger partial charge on any atom is -0.465 e. The molecule has 0 aliphatic heterocycles. The second kappa shape index (κ2) is 6.45. The Bertz CT molecular complexity index is 593. The molecule has 1 rings (SSSR count). The highest BCUT2D eigenvalue weighted by Gasteiger charge is 2.30. The van der Waals surface area contributed by atoms with E-state index in [1.165, 1.54) is 7.11 Å². The van der Waals surface area contributed by atoms with Gasteiger partial charge in [-0.2, -0.15) is 0 Å². The van der Waals surface area contributed by atoms with Crippen molar-refractivity contribution >= 4 is 37.8 Å². The van der Waals surface area contributed by atoms with E-state index in [-0.39, 0.29) is 21.2 Å². The molecule has 0 fully saturated rings. The topological polar surface area (TPSA) is 89.7 Å². The van der Waals surface area contributed by atoms with E-state index in [0.717, 1.165) is 17.8 Å². The number of ether oxygens (including phenoxy) is 1. The normalized spacial score (nSPS) is 11.4. The molecule has 0 saturated heterocycles. The third-order valence-electron chi connectivity index (χ3n) is 2.85. The van der Waals surface area contributed by atoms with Crippen LogP contribution in [0.1, 0.15) is 29.9 Å². The van der Waals surface area contributed by atoms with E-state index in [1.54, 1.807) is 18.9 Å². The molecule has 1 heterocycles. The quantitative estimate of drug-likeness (QED) is 0.803. The van der Waals surface area contributed by atoms with Crippen molar-refractivity contribution in [2.75, 3.05) is 37.1 Å². The molecule has 0 bridgehead atoms. The number of sulfone groups is 1. The van der Waals surface area contributed by atoms with Crippen LogP contribution in [0, 0.1) is 0 Å². The van der Waals surface area contributed by atoms with Crippen molar-refractivity contribution < 1.29 is 17.9 Å². The molecule has 114 valence electrons. The van der Waals surface area contributed by atoms with Gasteiger partial charge in [-0.25, -0.2) is 13.2 Å². The summed E-state index contributed by atoms with van der Waals surface area (Å²) in [5, 5.41) is 0.492. The largest absolute Gasteiger partial charge is 0.465 e. The minimum atomic E-state index is -3.51. The van der Waals surface area contributed by atoms with Gasteiger partial charge < -0.3 is 15.4 Å². The number of nitrogens with two attached hydrogens (primary N) is 1. The molecule has 0 amide bonds. The van der Waals surface area contributed by atoms with Crippen LogP contribution in [0.3, 0.4) is 0 Å². The summed E-state index contributed by atoms with van der Waals surface area (Å²) in [6.45, 7) is 4.21. The van der Waals surface area contributed by atoms with E-state index >= 15 is 0 Å². The number of hydrogen-bond donors (Lipinski definition) is 1. The molecule has 1 aromatic heterocycles. The SMILES string of the molecule is CCCN(C)c1sc(C(=O)OC)c(N)c1S(=O)(=O)CC. The maximum atomic E-state index is 12.2. The van der Waals surface area contributed by atoms with Crippen molar-refractivity contribution in [3.63, 3.8) is 0 Å². The van der Waals surface area contributed by atoms with Crippen LogP contribution in [0.15, 0.2) is 4.90 Å². The number of nitrogens with zero attached hydrogens (tertiary/aromatic N) is 1. The molecule has 0 aromatic carbocycles. The summed E-state index contributed by atoms with van der Waals surface area (Å²) >= 11 is 1.06. The number of anilines is 2. The van der Waals surface area contributed by atoms with Gasteiger partial charge in [-0.05, 0) is 6.42 Å². The monoisotopic (exact) mass is 320 g/mol. The molecule has 8 heteroatoms. The van der Waals surface area contributed by atoms with Crippen molar-refractivity contribution in [2.45, 2.75) is 25.2 Å². The Morgan fingerprint density at radius 3 is 2.45 bits per heavy atom. The van der Waals surface area contributed by atoms with Gasteiger partial charge in [0.05, 0.1) is 18.6 Å². The fourth-order valence-corrected chi connectivity index (χ4v) is 4.53. The first kappa shape index (κ1) is 16.8. The fourth-order valence-electron chi connectivity index (χ4n) is 1.79. The van der Waals surface area contributed by atoms with Crippen LogP contribution in [0.4, 0.5) is 10.7 Å². The van der Waals surface area contributed by atoms with E-state index in [1.807, 2.05) is 6.92 Å². The Balaban J connectivity index is 3.53. The number of rotatable bonds is 6. The molecule has 0 spiro atoms. The number of esters is 1. The first-order chi connectivity index (χ1) is 9.30. The van der Waals surface area contributed by atoms with Gasteiger partial charge in [-0.1, -0.05) is 13.8 Å². The lowest BCUT2D eigenvalue weighted by molar-refractivity contribution is 0.0607. The van der Waals surface area contributed by atoms with Gasteiger partial charge >= 0.3 is 5.97 Å². The zero-order valence-electron chi connectivity index (χ0n) is 12.1. The van der Waals surface area contributed by atoms with Crippen molar-refractivity contribution in [3.8, 4) is 0 Å². The fraction of sp³-hybridized carbons (Fsp3) is 0.583. The van der Waals surface area contributed by atoms with Crippen LogP contribution < -0.4 is 10.6 Å². The zero-order chi connectivity index (χ0) is 15.5. The van der Waals surface area contributed by atoms with Crippen molar-refractivity contribution in [2.24, 2.45) is 0 Å². The van der Waals surface area contributed by atoms with Crippen molar-refractivity contribution in [1.82, 2.24) is 0 Å². The Labute approximate surface area is 123 Å². The summed E-state index contributed by atoms with van der Waals surface area (Å²) in [6, 6.07) is 0. The lowest BCUT2D eigenvalue weighted by Gasteiger charge is -2.18. The predicted octanol–water partition coefficient (Wildman–Crippen LogP) is 1.76. The number of carbonyl (C=O) groups is 1. The Morgan fingerprint density at radius 2 is 2.00 bits per heavy atom. The standard InChI is InChI=1S/C12H20N2O4S2/c1-5-7-14(3)11-10(20(16,17)6-2)8(13)9(19-11)12(15)18-4/h5-7,13H2,1-4H3. The van der Waals surface area contributed by atoms with Gasteiger partial charge in [-0.15, -0.1) is 11.3 Å². The Morgan fingerprint density at radius 1 is 1.40 bits per heavy atom. The van der Waals surface area contributed by atoms with E-state index in [0.29, 0.717) is 11.5 Å². The van der Waals surface area contributed by atoms with Crippen LogP contribution >= 0.6 is 11.3 Å². The number of hydrogen-bond acceptors (Lipinski definition) is 7. The van der Waals surface area contributed by atoms with E-state index in [2.05, 4.69) is 4.74 Å². The molecule has 1 aromatic rings. The average Bonchev–Trinajstić information content (AvgIpc) is 2.76. The molecule has 2 N–H and O–H groups in total. The van der Waals surface area contributed by atoms with Crippen LogP contribution in [0.25, 0.3) is 0 Å². The van der Waals surface area contributed by atoms with Crippen molar-refractivity contribution in [1.29, 1.82) is 0 Å². The Kier molecular flexibility index (Phi) is 5.41. The van der Waals surface area contributed by atoms with E-state index < -0.39 is 15.8 Å². The molecule has 0 aliphatic rings. The third-order valence-corrected chi connectivity index (χ3v) is 6.07. The molecule has 0 radical (unpaired) electrons. The first-order valence-corrected chi connectivity index (χ1v) is 8.71. The molecule has 0 unspecified atom stereocenters. The highest BCUT2D eigenvalue weighted by atomic mass is 32.2. The van der Waals surface area contributed by atoms with Gasteiger partial charge in [0.2, 0.25) is 0 Å². The zero-order valence-corrected chi connectivity index (χ0v) is 13.7. The smallest absolute Gasteiger partial charge is 0.350 e. The highest BCUT2D eigenvalue weighted by Crippen LogP contribution is 2.41. The van der Waals surface area contributed by atoms with Crippen LogP contribution in [0.2, 0.25) is 0 Å². The maximum Gasteiger partial charge on any atom is 0.350 e. The summed E-state index contributed by atoms with van der Waals surface area (Å²) in [4.78, 5) is 13.7. The average molecular weight is 320 g/mol. The lowest BCUT2D eigenvalue weighted by Crippen LogP contribution is -2.19. The summed E-state index contributed by atoms with van der Waals surface area (Å²) in [5.41, 5.74) is 5.87. The second-order valence-electron chi connectivity index (χ2n) is 4.30. The number of thiophene rings is 1. The number of methoxy groups -OCH3 is 1. The number of nitrogen functional groups attached to an aromatic ring is 1. The molecular formula is C12H20N2O4S2. The van der Waals surface area contributed by atoms with Gasteiger partial charge in [-0.3, -0.25) is 0 Å². The van der Waals surface area contributed by atoms with Crippen LogP contribution in [-0.2, 0) is 14.6 Å². The molecular weight excluding hydrogens is 300 g/mol. The summed E-state index contributed by atoms with van der Waals surface area (Å²) in [5.74, 6) is -0.683. The highest BCUT2D eigenvalue weighted by molar-refractivity contribution is 7.92. The van der Waals surface area contributed by atoms with Gasteiger partial charge in [0.1, 0.15) is 14.8 Å². The number of carbonyl (C=O) groups excluding carboxylic acids is 1. The van der Waals surface area contributed by atoms with Gasteiger partial charge in [0.15, 0.2) is 9.84 Å². The molecule has 20 heavy (non-hydrogen) atoms. The molecule has 0 aliphatic carbocycles. The molecule has 0 saturated carbocycles. The minimum absolute atomic E-state index is 0.0124. The van der Waals surface area contributed by atoms with E-state index in [4.69, 9.17) is 5.73 Å². The summed E-state index contributed by atoms with van der Waals surface area (Å²) in [6.07, 6.45) is 0.855. The van der Waals surface area contributed by atoms with Gasteiger partial charge in [0, 0.05) is 13.6 Å². The predicted molar refractivity (Wildman–Crippen MR) is 81.4 cm³/mol. The first-order valence-electron chi connectivity index (χ1n) is 6.24. The van der Waals surface area contributed by atoms with E-state index in [9.17, 15) is 13.2 Å². The van der Waals surface area contributed by atoms with Crippen molar-refractivity contribution in [3.05, 3.63) is 4.88 Å². The molecule has 0 atom stereocenters. The van der Waals surface area contributed by atoms with Crippen LogP contribution in [-0.4, -0.2) is 40.8 Å². The lowest BCUT2D eigenvalue weighted by atomic mass is 10.3. The third kappa shape index (κ3) is 3.06. The second-order valence-corrected chi connectivity index (χ2v) is 7.51.